The number of anilines is 1. The maximum Gasteiger partial charge on any atom is 0.261 e. The fourth-order valence-electron chi connectivity index (χ4n) is 3.30. The van der Waals surface area contributed by atoms with Crippen molar-refractivity contribution in [3.63, 3.8) is 0 Å². The van der Waals surface area contributed by atoms with Gasteiger partial charge in [0.05, 0.1) is 16.1 Å². The van der Waals surface area contributed by atoms with Gasteiger partial charge in [-0.25, -0.2) is 4.98 Å². The predicted molar refractivity (Wildman–Crippen MR) is 117 cm³/mol. The zero-order chi connectivity index (χ0) is 19.7. The fourth-order valence-corrected chi connectivity index (χ4v) is 4.21. The lowest BCUT2D eigenvalue weighted by molar-refractivity contribution is 0.0915. The van der Waals surface area contributed by atoms with Crippen LogP contribution in [-0.2, 0) is 6.42 Å². The summed E-state index contributed by atoms with van der Waals surface area (Å²) in [6.07, 6.45) is 1.23. The number of thiazole rings is 1. The number of carbonyl (C=O) groups excluding carboxylic acids is 2. The number of para-hydroxylation sites is 2. The van der Waals surface area contributed by atoms with Gasteiger partial charge in [-0.1, -0.05) is 55.5 Å². The van der Waals surface area contributed by atoms with Gasteiger partial charge in [0.1, 0.15) is 11.5 Å². The highest BCUT2D eigenvalue weighted by Gasteiger charge is 2.34. The zero-order valence-corrected chi connectivity index (χ0v) is 17.7. The molecule has 0 atom stereocenters. The minimum atomic E-state index is -0.315. The summed E-state index contributed by atoms with van der Waals surface area (Å²) in [5.74, 6) is 0.895. The van der Waals surface area contributed by atoms with Gasteiger partial charge in [-0.3, -0.25) is 14.9 Å². The van der Waals surface area contributed by atoms with Crippen molar-refractivity contribution in [1.82, 2.24) is 4.98 Å². The van der Waals surface area contributed by atoms with E-state index in [1.165, 1.54) is 11.3 Å². The van der Waals surface area contributed by atoms with Gasteiger partial charge in [0, 0.05) is 6.42 Å². The van der Waals surface area contributed by atoms with Crippen molar-refractivity contribution >= 4 is 40.6 Å². The molecule has 1 aliphatic carbocycles. The molecule has 150 valence electrons. The lowest BCUT2D eigenvalue weighted by Gasteiger charge is -2.26. The molecule has 0 bridgehead atoms. The van der Waals surface area contributed by atoms with Gasteiger partial charge in [0.15, 0.2) is 10.9 Å². The number of Topliss-reactive ketones (excluding diaryl/α,β-unsaturated/α-hetero) is 1. The van der Waals surface area contributed by atoms with Crippen LogP contribution in [0.4, 0.5) is 5.13 Å². The number of rotatable bonds is 4. The molecule has 1 heterocycles. The second-order valence-electron chi connectivity index (χ2n) is 7.60. The van der Waals surface area contributed by atoms with Crippen LogP contribution in [0.2, 0.25) is 0 Å². The molecule has 1 aromatic heterocycles. The highest BCUT2D eigenvalue weighted by molar-refractivity contribution is 7.17. The van der Waals surface area contributed by atoms with Crippen LogP contribution in [0.15, 0.2) is 54.6 Å². The van der Waals surface area contributed by atoms with Crippen molar-refractivity contribution in [3.05, 3.63) is 70.7 Å². The Bertz CT molecular complexity index is 1050. The minimum Gasteiger partial charge on any atom is -0.457 e. The molecule has 5 nitrogen and oxygen atoms in total. The molecule has 1 amide bonds. The number of halogens is 1. The first-order valence-electron chi connectivity index (χ1n) is 9.07. The Balaban J connectivity index is 0.00000240. The van der Waals surface area contributed by atoms with Gasteiger partial charge in [-0.05, 0) is 36.1 Å². The van der Waals surface area contributed by atoms with E-state index in [1.54, 1.807) is 18.2 Å². The Kier molecular flexibility index (Phi) is 6.05. The minimum absolute atomic E-state index is 0. The molecule has 2 aromatic carbocycles. The molecule has 3 aromatic rings. The zero-order valence-electron chi connectivity index (χ0n) is 16.1. The summed E-state index contributed by atoms with van der Waals surface area (Å²) < 4.78 is 5.86. The molecule has 0 fully saturated rings. The number of hydrogen-bond acceptors (Lipinski definition) is 5. The van der Waals surface area contributed by atoms with Crippen molar-refractivity contribution in [2.75, 3.05) is 5.32 Å². The Morgan fingerprint density at radius 3 is 2.52 bits per heavy atom. The van der Waals surface area contributed by atoms with Crippen molar-refractivity contribution in [2.24, 2.45) is 5.41 Å². The molecule has 7 heteroatoms. The van der Waals surface area contributed by atoms with Crippen molar-refractivity contribution in [2.45, 2.75) is 26.7 Å². The van der Waals surface area contributed by atoms with Crippen molar-refractivity contribution in [3.8, 4) is 11.5 Å². The molecule has 4 rings (SSSR count). The molecular formula is C22H21ClN2O3S. The largest absolute Gasteiger partial charge is 0.457 e. The van der Waals surface area contributed by atoms with E-state index in [9.17, 15) is 9.59 Å². The van der Waals surface area contributed by atoms with Gasteiger partial charge in [0.25, 0.3) is 5.91 Å². The third-order valence-corrected chi connectivity index (χ3v) is 5.61. The van der Waals surface area contributed by atoms with Gasteiger partial charge in [-0.15, -0.1) is 12.4 Å². The normalized spacial score (nSPS) is 14.5. The summed E-state index contributed by atoms with van der Waals surface area (Å²) in [5, 5.41) is 3.27. The molecule has 0 saturated heterocycles. The molecule has 0 radical (unpaired) electrons. The number of fused-ring (bicyclic) bond motifs is 1. The summed E-state index contributed by atoms with van der Waals surface area (Å²) in [7, 11) is 0. The van der Waals surface area contributed by atoms with E-state index in [0.717, 1.165) is 12.1 Å². The number of hydrogen-bond donors (Lipinski definition) is 1. The molecule has 1 aliphatic rings. The van der Waals surface area contributed by atoms with Crippen LogP contribution < -0.4 is 10.1 Å². The smallest absolute Gasteiger partial charge is 0.261 e. The van der Waals surface area contributed by atoms with Crippen LogP contribution in [0.3, 0.4) is 0 Å². The Morgan fingerprint density at radius 1 is 1.07 bits per heavy atom. The second kappa shape index (κ2) is 8.35. The Hall–Kier alpha value is -2.70. The third-order valence-electron chi connectivity index (χ3n) is 4.56. The SMILES string of the molecule is CC1(C)CC(=O)c2sc(NC(=O)c3ccccc3Oc3ccccc3)nc2C1.Cl. The van der Waals surface area contributed by atoms with E-state index in [2.05, 4.69) is 24.1 Å². The third kappa shape index (κ3) is 4.66. The molecule has 0 spiro atoms. The number of carbonyl (C=O) groups is 2. The number of aromatic nitrogens is 1. The van der Waals surface area contributed by atoms with E-state index in [-0.39, 0.29) is 29.5 Å². The number of benzene rings is 2. The van der Waals surface area contributed by atoms with E-state index in [0.29, 0.717) is 33.5 Å². The van der Waals surface area contributed by atoms with Crippen LogP contribution in [0, 0.1) is 5.41 Å². The summed E-state index contributed by atoms with van der Waals surface area (Å²) in [6, 6.07) is 16.4. The van der Waals surface area contributed by atoms with Crippen LogP contribution in [0.25, 0.3) is 0 Å². The Morgan fingerprint density at radius 2 is 1.76 bits per heavy atom. The van der Waals surface area contributed by atoms with Gasteiger partial charge >= 0.3 is 0 Å². The summed E-state index contributed by atoms with van der Waals surface area (Å²) >= 11 is 1.24. The summed E-state index contributed by atoms with van der Waals surface area (Å²) in [4.78, 5) is 30.4. The molecule has 29 heavy (non-hydrogen) atoms. The van der Waals surface area contributed by atoms with E-state index >= 15 is 0 Å². The average Bonchev–Trinajstić information content (AvgIpc) is 3.04. The van der Waals surface area contributed by atoms with Crippen molar-refractivity contribution in [1.29, 1.82) is 0 Å². The number of ether oxygens (including phenoxy) is 1. The standard InChI is InChI=1S/C22H20N2O3S.ClH/c1-22(2)12-16-19(17(25)13-22)28-21(23-16)24-20(26)15-10-6-7-11-18(15)27-14-8-4-3-5-9-14;/h3-11H,12-13H2,1-2H3,(H,23,24,26);1H. The molecule has 0 saturated carbocycles. The van der Waals surface area contributed by atoms with E-state index in [1.807, 2.05) is 36.4 Å². The number of amides is 1. The van der Waals surface area contributed by atoms with Crippen LogP contribution >= 0.6 is 23.7 Å². The molecule has 1 N–H and O–H groups in total. The van der Waals surface area contributed by atoms with Crippen LogP contribution in [0.1, 0.15) is 46.0 Å². The van der Waals surface area contributed by atoms with Gasteiger partial charge in [-0.2, -0.15) is 0 Å². The van der Waals surface area contributed by atoms with Gasteiger partial charge in [0.2, 0.25) is 0 Å². The first-order valence-corrected chi connectivity index (χ1v) is 9.89. The predicted octanol–water partition coefficient (Wildman–Crippen LogP) is 5.76. The average molecular weight is 429 g/mol. The van der Waals surface area contributed by atoms with Crippen LogP contribution in [-0.4, -0.2) is 16.7 Å². The Labute approximate surface area is 179 Å². The lowest BCUT2D eigenvalue weighted by Crippen LogP contribution is -2.26. The second-order valence-corrected chi connectivity index (χ2v) is 8.60. The first-order chi connectivity index (χ1) is 13.4. The highest BCUT2D eigenvalue weighted by atomic mass is 35.5. The molecular weight excluding hydrogens is 408 g/mol. The molecule has 0 unspecified atom stereocenters. The monoisotopic (exact) mass is 428 g/mol. The van der Waals surface area contributed by atoms with Gasteiger partial charge < -0.3 is 4.74 Å². The topological polar surface area (TPSA) is 68.3 Å². The first kappa shape index (κ1) is 21.0. The molecule has 0 aliphatic heterocycles. The van der Waals surface area contributed by atoms with Crippen LogP contribution in [0.5, 0.6) is 11.5 Å². The summed E-state index contributed by atoms with van der Waals surface area (Å²) in [5.41, 5.74) is 1.08. The maximum atomic E-state index is 12.8. The maximum absolute atomic E-state index is 12.8. The number of ketones is 1. The lowest BCUT2D eigenvalue weighted by atomic mass is 9.78. The summed E-state index contributed by atoms with van der Waals surface area (Å²) in [6.45, 7) is 4.12. The van der Waals surface area contributed by atoms with E-state index in [4.69, 9.17) is 4.74 Å². The number of nitrogens with zero attached hydrogens (tertiary/aromatic N) is 1. The van der Waals surface area contributed by atoms with Crippen molar-refractivity contribution < 1.29 is 14.3 Å². The highest BCUT2D eigenvalue weighted by Crippen LogP contribution is 2.38. The number of nitrogens with one attached hydrogen (secondary N) is 1. The quantitative estimate of drug-likeness (QED) is 0.573. The fraction of sp³-hybridized carbons (Fsp3) is 0.227. The van der Waals surface area contributed by atoms with E-state index < -0.39 is 0 Å².